The van der Waals surface area contributed by atoms with E-state index < -0.39 is 5.97 Å². The Kier molecular flexibility index (Phi) is 10.6. The number of hydrogen-bond acceptors (Lipinski definition) is 3. The fourth-order valence-corrected chi connectivity index (χ4v) is 2.44. The maximum absolute atomic E-state index is 11.4. The van der Waals surface area contributed by atoms with Crippen LogP contribution in [0.25, 0.3) is 0 Å². The summed E-state index contributed by atoms with van der Waals surface area (Å²) in [5.41, 5.74) is 2.00. The summed E-state index contributed by atoms with van der Waals surface area (Å²) in [5, 5.41) is 8.93. The number of carbonyl (C=O) groups excluding carboxylic acids is 1. The van der Waals surface area contributed by atoms with Gasteiger partial charge in [-0.3, -0.25) is 0 Å². The van der Waals surface area contributed by atoms with Crippen LogP contribution in [-0.4, -0.2) is 23.7 Å². The Morgan fingerprint density at radius 1 is 0.857 bits per heavy atom. The molecule has 0 saturated heterocycles. The Morgan fingerprint density at radius 3 is 2.00 bits per heavy atom. The minimum atomic E-state index is -0.829. The number of benzene rings is 2. The lowest BCUT2D eigenvalue weighted by Gasteiger charge is -2.07. The van der Waals surface area contributed by atoms with E-state index in [0.717, 1.165) is 24.8 Å². The minimum absolute atomic E-state index is 0.230. The second-order valence-electron chi connectivity index (χ2n) is 7.58. The zero-order valence-electron chi connectivity index (χ0n) is 17.4. The normalized spacial score (nSPS) is 10.4. The second-order valence-corrected chi connectivity index (χ2v) is 7.58. The van der Waals surface area contributed by atoms with Crippen molar-refractivity contribution in [2.24, 2.45) is 11.8 Å². The molecule has 0 aliphatic rings. The van der Waals surface area contributed by atoms with E-state index in [9.17, 15) is 9.59 Å². The van der Waals surface area contributed by atoms with Gasteiger partial charge in [-0.25, -0.2) is 9.59 Å². The molecule has 0 fully saturated rings. The summed E-state index contributed by atoms with van der Waals surface area (Å²) in [7, 11) is 0. The van der Waals surface area contributed by atoms with Crippen LogP contribution >= 0.6 is 0 Å². The summed E-state index contributed by atoms with van der Waals surface area (Å²) in [6.45, 7) is 9.00. The van der Waals surface area contributed by atoms with Gasteiger partial charge in [0.2, 0.25) is 0 Å². The van der Waals surface area contributed by atoms with E-state index in [1.54, 1.807) is 24.3 Å². The molecule has 0 amide bonds. The highest BCUT2D eigenvalue weighted by molar-refractivity contribution is 5.89. The standard InChI is InChI=1S/2C12H16O2/c1-9(2)7-8-10-5-3-4-6-11(10)12(13)14;1-10(2)8-9-14-12(13)11-6-4-3-5-7-11/h3-6,9H,7-8H2,1-2H3,(H,13,14);3-7,10H,8-9H2,1-2H3. The van der Waals surface area contributed by atoms with Crippen LogP contribution in [0.1, 0.15) is 66.8 Å². The molecule has 0 aliphatic carbocycles. The summed E-state index contributed by atoms with van der Waals surface area (Å²) < 4.78 is 5.10. The first-order valence-corrected chi connectivity index (χ1v) is 9.84. The van der Waals surface area contributed by atoms with Crippen LogP contribution in [-0.2, 0) is 11.2 Å². The van der Waals surface area contributed by atoms with Gasteiger partial charge in [0, 0.05) is 0 Å². The predicted octanol–water partition coefficient (Wildman–Crippen LogP) is 5.86. The number of carboxylic acids is 1. The molecular formula is C24H32O4. The average molecular weight is 385 g/mol. The molecule has 0 aromatic heterocycles. The zero-order chi connectivity index (χ0) is 20.9. The SMILES string of the molecule is CC(C)CCOC(=O)c1ccccc1.CC(C)CCc1ccccc1C(=O)O. The molecule has 4 heteroatoms. The van der Waals surface area contributed by atoms with Crippen LogP contribution < -0.4 is 0 Å². The topological polar surface area (TPSA) is 63.6 Å². The zero-order valence-corrected chi connectivity index (χ0v) is 17.4. The van der Waals surface area contributed by atoms with Crippen molar-refractivity contribution in [3.8, 4) is 0 Å². The van der Waals surface area contributed by atoms with E-state index in [4.69, 9.17) is 9.84 Å². The van der Waals surface area contributed by atoms with Gasteiger partial charge in [-0.15, -0.1) is 0 Å². The molecular weight excluding hydrogens is 352 g/mol. The monoisotopic (exact) mass is 384 g/mol. The van der Waals surface area contributed by atoms with Crippen LogP contribution in [0.4, 0.5) is 0 Å². The Bertz CT molecular complexity index is 720. The summed E-state index contributed by atoms with van der Waals surface area (Å²) in [6.07, 6.45) is 2.79. The van der Waals surface area contributed by atoms with E-state index in [1.165, 1.54) is 0 Å². The largest absolute Gasteiger partial charge is 0.478 e. The van der Waals surface area contributed by atoms with E-state index in [1.807, 2.05) is 30.3 Å². The Morgan fingerprint density at radius 2 is 1.43 bits per heavy atom. The molecule has 0 bridgehead atoms. The average Bonchev–Trinajstić information content (AvgIpc) is 2.67. The number of aromatic carboxylic acids is 1. The third-order valence-corrected chi connectivity index (χ3v) is 4.18. The first kappa shape index (κ1) is 23.4. The quantitative estimate of drug-likeness (QED) is 0.579. The Hall–Kier alpha value is -2.62. The van der Waals surface area contributed by atoms with Crippen molar-refractivity contribution in [3.63, 3.8) is 0 Å². The summed E-state index contributed by atoms with van der Waals surface area (Å²) in [6, 6.07) is 16.3. The van der Waals surface area contributed by atoms with Gasteiger partial charge in [-0.1, -0.05) is 64.1 Å². The highest BCUT2D eigenvalue weighted by atomic mass is 16.5. The van der Waals surface area contributed by atoms with Gasteiger partial charge < -0.3 is 9.84 Å². The molecule has 0 radical (unpaired) electrons. The molecule has 1 N–H and O–H groups in total. The van der Waals surface area contributed by atoms with Gasteiger partial charge in [0.15, 0.2) is 0 Å². The molecule has 2 rings (SSSR count). The first-order chi connectivity index (χ1) is 13.3. The number of esters is 1. The molecule has 2 aromatic carbocycles. The fraction of sp³-hybridized carbons (Fsp3) is 0.417. The fourth-order valence-electron chi connectivity index (χ4n) is 2.44. The van der Waals surface area contributed by atoms with Crippen molar-refractivity contribution >= 4 is 11.9 Å². The van der Waals surface area contributed by atoms with E-state index in [0.29, 0.717) is 29.6 Å². The number of rotatable bonds is 8. The predicted molar refractivity (Wildman–Crippen MR) is 113 cm³/mol. The molecule has 0 atom stereocenters. The molecule has 0 heterocycles. The van der Waals surface area contributed by atoms with Gasteiger partial charge in [0.25, 0.3) is 0 Å². The van der Waals surface area contributed by atoms with Crippen LogP contribution in [0.3, 0.4) is 0 Å². The smallest absolute Gasteiger partial charge is 0.338 e. The number of carboxylic acid groups (broad SMARTS) is 1. The number of aryl methyl sites for hydroxylation is 1. The summed E-state index contributed by atoms with van der Waals surface area (Å²) in [5.74, 6) is 0.117. The Labute approximate surface area is 168 Å². The highest BCUT2D eigenvalue weighted by Crippen LogP contribution is 2.14. The van der Waals surface area contributed by atoms with E-state index >= 15 is 0 Å². The molecule has 4 nitrogen and oxygen atoms in total. The summed E-state index contributed by atoms with van der Waals surface area (Å²) >= 11 is 0. The molecule has 0 aliphatic heterocycles. The van der Waals surface area contributed by atoms with Crippen molar-refractivity contribution in [1.29, 1.82) is 0 Å². The molecule has 2 aromatic rings. The van der Waals surface area contributed by atoms with Crippen molar-refractivity contribution in [1.82, 2.24) is 0 Å². The van der Waals surface area contributed by atoms with E-state index in [2.05, 4.69) is 27.7 Å². The second kappa shape index (κ2) is 12.7. The van der Waals surface area contributed by atoms with Crippen molar-refractivity contribution < 1.29 is 19.4 Å². The van der Waals surface area contributed by atoms with Gasteiger partial charge in [0.1, 0.15) is 0 Å². The third-order valence-electron chi connectivity index (χ3n) is 4.18. The van der Waals surface area contributed by atoms with Crippen LogP contribution in [0, 0.1) is 11.8 Å². The molecule has 28 heavy (non-hydrogen) atoms. The Balaban J connectivity index is 0.000000280. The lowest BCUT2D eigenvalue weighted by Crippen LogP contribution is -2.07. The number of ether oxygens (including phenoxy) is 1. The van der Waals surface area contributed by atoms with Gasteiger partial charge >= 0.3 is 11.9 Å². The van der Waals surface area contributed by atoms with Crippen LogP contribution in [0.5, 0.6) is 0 Å². The number of carbonyl (C=O) groups is 2. The maximum Gasteiger partial charge on any atom is 0.338 e. The molecule has 0 spiro atoms. The van der Waals surface area contributed by atoms with Crippen LogP contribution in [0.15, 0.2) is 54.6 Å². The lowest BCUT2D eigenvalue weighted by molar-refractivity contribution is 0.0487. The van der Waals surface area contributed by atoms with Gasteiger partial charge in [0.05, 0.1) is 17.7 Å². The van der Waals surface area contributed by atoms with Crippen molar-refractivity contribution in [2.45, 2.75) is 47.0 Å². The van der Waals surface area contributed by atoms with Crippen molar-refractivity contribution in [3.05, 3.63) is 71.3 Å². The van der Waals surface area contributed by atoms with Crippen molar-refractivity contribution in [2.75, 3.05) is 6.61 Å². The first-order valence-electron chi connectivity index (χ1n) is 9.84. The molecule has 152 valence electrons. The highest BCUT2D eigenvalue weighted by Gasteiger charge is 2.08. The molecule has 0 saturated carbocycles. The third kappa shape index (κ3) is 9.36. The minimum Gasteiger partial charge on any atom is -0.478 e. The van der Waals surface area contributed by atoms with E-state index in [-0.39, 0.29) is 5.97 Å². The lowest BCUT2D eigenvalue weighted by atomic mass is 9.99. The molecule has 0 unspecified atom stereocenters. The number of hydrogen-bond donors (Lipinski definition) is 1. The maximum atomic E-state index is 11.4. The van der Waals surface area contributed by atoms with Crippen LogP contribution in [0.2, 0.25) is 0 Å². The van der Waals surface area contributed by atoms with Gasteiger partial charge in [-0.2, -0.15) is 0 Å². The summed E-state index contributed by atoms with van der Waals surface area (Å²) in [4.78, 5) is 22.3. The van der Waals surface area contributed by atoms with Gasteiger partial charge in [-0.05, 0) is 54.9 Å².